The molecule has 3 N–H and O–H groups in total. The first kappa shape index (κ1) is 18.3. The molecule has 7 heteroatoms. The van der Waals surface area contributed by atoms with Crippen molar-refractivity contribution in [2.24, 2.45) is 0 Å². The first-order chi connectivity index (χ1) is 13.1. The van der Waals surface area contributed by atoms with Crippen molar-refractivity contribution in [3.63, 3.8) is 0 Å². The number of amides is 2. The fourth-order valence-corrected chi connectivity index (χ4v) is 2.59. The first-order valence-electron chi connectivity index (χ1n) is 8.74. The van der Waals surface area contributed by atoms with Gasteiger partial charge in [0.25, 0.3) is 11.8 Å². The average molecular weight is 363 g/mol. The number of aryl methyl sites for hydroxylation is 1. The molecule has 0 spiro atoms. The number of aromatic nitrogens is 3. The van der Waals surface area contributed by atoms with Crippen LogP contribution in [0.3, 0.4) is 0 Å². The maximum Gasteiger partial charge on any atom is 0.271 e. The molecule has 1 aromatic carbocycles. The van der Waals surface area contributed by atoms with Crippen molar-refractivity contribution in [2.75, 3.05) is 13.1 Å². The Balaban J connectivity index is 1.42. The third kappa shape index (κ3) is 4.78. The number of pyridine rings is 1. The molecule has 0 aliphatic rings. The third-order valence-electron chi connectivity index (χ3n) is 4.04. The number of aromatic amines is 1. The van der Waals surface area contributed by atoms with Gasteiger partial charge >= 0.3 is 0 Å². The molecule has 0 unspecified atom stereocenters. The lowest BCUT2D eigenvalue weighted by Gasteiger charge is -2.07. The summed E-state index contributed by atoms with van der Waals surface area (Å²) in [5, 5.41) is 12.5. The number of hydrogen-bond donors (Lipinski definition) is 3. The summed E-state index contributed by atoms with van der Waals surface area (Å²) in [7, 11) is 0. The van der Waals surface area contributed by atoms with Crippen LogP contribution in [0.4, 0.5) is 0 Å². The Hall–Kier alpha value is -3.48. The summed E-state index contributed by atoms with van der Waals surface area (Å²) in [5.41, 5.74) is 3.35. The normalized spacial score (nSPS) is 10.4. The Morgan fingerprint density at radius 3 is 2.48 bits per heavy atom. The molecule has 0 saturated carbocycles. The van der Waals surface area contributed by atoms with Gasteiger partial charge in [-0.05, 0) is 36.6 Å². The monoisotopic (exact) mass is 363 g/mol. The predicted octanol–water partition coefficient (Wildman–Crippen LogP) is 2.33. The number of benzene rings is 1. The molecular formula is C20H21N5O2. The Morgan fingerprint density at radius 2 is 1.74 bits per heavy atom. The summed E-state index contributed by atoms with van der Waals surface area (Å²) in [5.74, 6) is -0.459. The van der Waals surface area contributed by atoms with E-state index >= 15 is 0 Å². The van der Waals surface area contributed by atoms with Gasteiger partial charge in [-0.1, -0.05) is 36.4 Å². The van der Waals surface area contributed by atoms with Crippen LogP contribution < -0.4 is 10.6 Å². The first-order valence-corrected chi connectivity index (χ1v) is 8.74. The van der Waals surface area contributed by atoms with Gasteiger partial charge in [-0.15, -0.1) is 0 Å². The van der Waals surface area contributed by atoms with Crippen molar-refractivity contribution in [3.8, 4) is 11.3 Å². The molecule has 2 amide bonds. The fourth-order valence-electron chi connectivity index (χ4n) is 2.59. The standard InChI is InChI=1S/C20H21N5O2/c1-14-7-5-10-21-18(14)20(27)23-12-6-11-22-19(26)17-13-16(24-25-17)15-8-3-2-4-9-15/h2-5,7-10,13H,6,11-12H2,1H3,(H,22,26)(H,23,27)(H,24,25). The lowest BCUT2D eigenvalue weighted by molar-refractivity contribution is 0.0946. The fraction of sp³-hybridized carbons (Fsp3) is 0.200. The number of nitrogens with one attached hydrogen (secondary N) is 3. The van der Waals surface area contributed by atoms with E-state index in [4.69, 9.17) is 0 Å². The molecular weight excluding hydrogens is 342 g/mol. The quantitative estimate of drug-likeness (QED) is 0.561. The number of H-pyrrole nitrogens is 1. The van der Waals surface area contributed by atoms with Crippen LogP contribution in [0.1, 0.15) is 33.0 Å². The number of nitrogens with zero attached hydrogens (tertiary/aromatic N) is 2. The molecule has 0 saturated heterocycles. The zero-order valence-electron chi connectivity index (χ0n) is 15.0. The summed E-state index contributed by atoms with van der Waals surface area (Å²) >= 11 is 0. The Morgan fingerprint density at radius 1 is 1.00 bits per heavy atom. The second-order valence-electron chi connectivity index (χ2n) is 6.07. The van der Waals surface area contributed by atoms with Crippen molar-refractivity contribution in [2.45, 2.75) is 13.3 Å². The molecule has 0 bridgehead atoms. The molecule has 0 radical (unpaired) electrons. The third-order valence-corrected chi connectivity index (χ3v) is 4.04. The van der Waals surface area contributed by atoms with E-state index in [0.717, 1.165) is 16.8 Å². The number of hydrogen-bond acceptors (Lipinski definition) is 4. The van der Waals surface area contributed by atoms with Crippen LogP contribution in [0.5, 0.6) is 0 Å². The molecule has 0 atom stereocenters. The van der Waals surface area contributed by atoms with Crippen molar-refractivity contribution in [1.82, 2.24) is 25.8 Å². The lowest BCUT2D eigenvalue weighted by Crippen LogP contribution is -2.30. The van der Waals surface area contributed by atoms with E-state index in [1.54, 1.807) is 18.3 Å². The smallest absolute Gasteiger partial charge is 0.271 e. The highest BCUT2D eigenvalue weighted by atomic mass is 16.2. The van der Waals surface area contributed by atoms with E-state index in [9.17, 15) is 9.59 Å². The Bertz CT molecular complexity index is 921. The van der Waals surface area contributed by atoms with Crippen molar-refractivity contribution >= 4 is 11.8 Å². The van der Waals surface area contributed by atoms with Gasteiger partial charge in [-0.25, -0.2) is 0 Å². The highest BCUT2D eigenvalue weighted by molar-refractivity contribution is 5.94. The van der Waals surface area contributed by atoms with Gasteiger partial charge < -0.3 is 10.6 Å². The average Bonchev–Trinajstić information content (AvgIpc) is 3.19. The molecule has 0 aliphatic carbocycles. The molecule has 27 heavy (non-hydrogen) atoms. The molecule has 3 rings (SSSR count). The van der Waals surface area contributed by atoms with Crippen LogP contribution >= 0.6 is 0 Å². The molecule has 2 aromatic heterocycles. The second kappa shape index (κ2) is 8.75. The zero-order valence-corrected chi connectivity index (χ0v) is 15.0. The van der Waals surface area contributed by atoms with Gasteiger partial charge in [0.2, 0.25) is 0 Å². The predicted molar refractivity (Wildman–Crippen MR) is 102 cm³/mol. The van der Waals surface area contributed by atoms with Crippen molar-refractivity contribution in [1.29, 1.82) is 0 Å². The summed E-state index contributed by atoms with van der Waals surface area (Å²) < 4.78 is 0. The maximum atomic E-state index is 12.2. The highest BCUT2D eigenvalue weighted by Gasteiger charge is 2.11. The van der Waals surface area contributed by atoms with E-state index < -0.39 is 0 Å². The SMILES string of the molecule is Cc1cccnc1C(=O)NCCCNC(=O)c1cc(-c2ccccc2)[nH]n1. The van der Waals surface area contributed by atoms with Gasteiger partial charge in [-0.3, -0.25) is 19.7 Å². The molecule has 3 aromatic rings. The van der Waals surface area contributed by atoms with Crippen LogP contribution in [0.15, 0.2) is 54.7 Å². The summed E-state index contributed by atoms with van der Waals surface area (Å²) in [6.07, 6.45) is 2.20. The van der Waals surface area contributed by atoms with Crippen LogP contribution in [-0.2, 0) is 0 Å². The summed E-state index contributed by atoms with van der Waals surface area (Å²) in [4.78, 5) is 28.3. The summed E-state index contributed by atoms with van der Waals surface area (Å²) in [6.45, 7) is 2.73. The largest absolute Gasteiger partial charge is 0.351 e. The van der Waals surface area contributed by atoms with Crippen LogP contribution in [-0.4, -0.2) is 40.1 Å². The molecule has 2 heterocycles. The van der Waals surface area contributed by atoms with Gasteiger partial charge in [0.05, 0.1) is 5.69 Å². The minimum Gasteiger partial charge on any atom is -0.351 e. The highest BCUT2D eigenvalue weighted by Crippen LogP contribution is 2.16. The van der Waals surface area contributed by atoms with Crippen molar-refractivity contribution < 1.29 is 9.59 Å². The molecule has 0 aliphatic heterocycles. The topological polar surface area (TPSA) is 99.8 Å². The number of carbonyl (C=O) groups is 2. The lowest BCUT2D eigenvalue weighted by atomic mass is 10.1. The van der Waals surface area contributed by atoms with E-state index in [1.165, 1.54) is 0 Å². The summed E-state index contributed by atoms with van der Waals surface area (Å²) in [6, 6.07) is 15.0. The maximum absolute atomic E-state index is 12.2. The van der Waals surface area contributed by atoms with E-state index in [-0.39, 0.29) is 11.8 Å². The van der Waals surface area contributed by atoms with Gasteiger partial charge in [0.1, 0.15) is 5.69 Å². The second-order valence-corrected chi connectivity index (χ2v) is 6.07. The van der Waals surface area contributed by atoms with Gasteiger partial charge in [-0.2, -0.15) is 5.10 Å². The van der Waals surface area contributed by atoms with Crippen LogP contribution in [0.2, 0.25) is 0 Å². The number of rotatable bonds is 7. The van der Waals surface area contributed by atoms with Gasteiger partial charge in [0, 0.05) is 19.3 Å². The van der Waals surface area contributed by atoms with Gasteiger partial charge in [0.15, 0.2) is 5.69 Å². The van der Waals surface area contributed by atoms with E-state index in [1.807, 2.05) is 43.3 Å². The minimum absolute atomic E-state index is 0.209. The van der Waals surface area contributed by atoms with E-state index in [0.29, 0.717) is 30.9 Å². The Labute approximate surface area is 157 Å². The number of carbonyl (C=O) groups excluding carboxylic acids is 2. The Kier molecular flexibility index (Phi) is 5.94. The molecule has 0 fully saturated rings. The minimum atomic E-state index is -0.250. The zero-order chi connectivity index (χ0) is 19.1. The molecule has 7 nitrogen and oxygen atoms in total. The van der Waals surface area contributed by atoms with Crippen molar-refractivity contribution in [3.05, 3.63) is 71.7 Å². The van der Waals surface area contributed by atoms with E-state index in [2.05, 4.69) is 25.8 Å². The van der Waals surface area contributed by atoms with Crippen LogP contribution in [0.25, 0.3) is 11.3 Å². The molecule has 138 valence electrons. The van der Waals surface area contributed by atoms with Crippen LogP contribution in [0, 0.1) is 6.92 Å².